The SMILES string of the molecule is C=C(N)C(C)CC(C)C.CC. The van der Waals surface area contributed by atoms with E-state index in [-0.39, 0.29) is 0 Å². The monoisotopic (exact) mass is 157 g/mol. The van der Waals surface area contributed by atoms with Crippen LogP contribution in [-0.4, -0.2) is 0 Å². The first-order valence-electron chi connectivity index (χ1n) is 4.48. The lowest BCUT2D eigenvalue weighted by atomic mass is 9.97. The normalized spacial score (nSPS) is 11.8. The van der Waals surface area contributed by atoms with Crippen LogP contribution in [0.15, 0.2) is 12.3 Å². The molecule has 0 heterocycles. The lowest BCUT2D eigenvalue weighted by molar-refractivity contribution is 0.484. The molecule has 0 saturated heterocycles. The van der Waals surface area contributed by atoms with E-state index in [4.69, 9.17) is 5.73 Å². The Morgan fingerprint density at radius 1 is 1.27 bits per heavy atom. The topological polar surface area (TPSA) is 26.0 Å². The number of hydrogen-bond acceptors (Lipinski definition) is 1. The van der Waals surface area contributed by atoms with Gasteiger partial charge in [0.15, 0.2) is 0 Å². The molecule has 68 valence electrons. The van der Waals surface area contributed by atoms with Crippen LogP contribution < -0.4 is 5.73 Å². The summed E-state index contributed by atoms with van der Waals surface area (Å²) in [7, 11) is 0. The van der Waals surface area contributed by atoms with Gasteiger partial charge in [0, 0.05) is 5.70 Å². The highest BCUT2D eigenvalue weighted by atomic mass is 14.6. The largest absolute Gasteiger partial charge is 0.402 e. The maximum absolute atomic E-state index is 5.49. The van der Waals surface area contributed by atoms with Crippen molar-refractivity contribution in [2.24, 2.45) is 17.6 Å². The van der Waals surface area contributed by atoms with Crippen LogP contribution in [0, 0.1) is 11.8 Å². The predicted molar refractivity (Wildman–Crippen MR) is 53.3 cm³/mol. The summed E-state index contributed by atoms with van der Waals surface area (Å²) in [6.07, 6.45) is 1.15. The van der Waals surface area contributed by atoms with Gasteiger partial charge in [-0.05, 0) is 18.3 Å². The molecule has 0 aliphatic carbocycles. The van der Waals surface area contributed by atoms with E-state index in [1.165, 1.54) is 0 Å². The van der Waals surface area contributed by atoms with Crippen molar-refractivity contribution in [3.05, 3.63) is 12.3 Å². The maximum atomic E-state index is 5.49. The molecule has 11 heavy (non-hydrogen) atoms. The van der Waals surface area contributed by atoms with Crippen molar-refractivity contribution >= 4 is 0 Å². The highest BCUT2D eigenvalue weighted by Gasteiger charge is 2.04. The molecule has 2 N–H and O–H groups in total. The first-order chi connectivity index (χ1) is 5.04. The summed E-state index contributed by atoms with van der Waals surface area (Å²) in [6.45, 7) is 14.2. The van der Waals surface area contributed by atoms with E-state index in [2.05, 4.69) is 27.4 Å². The van der Waals surface area contributed by atoms with E-state index < -0.39 is 0 Å². The first-order valence-corrected chi connectivity index (χ1v) is 4.48. The van der Waals surface area contributed by atoms with Gasteiger partial charge >= 0.3 is 0 Å². The molecular formula is C10H23N. The van der Waals surface area contributed by atoms with E-state index in [0.29, 0.717) is 5.92 Å². The summed E-state index contributed by atoms with van der Waals surface area (Å²) < 4.78 is 0. The van der Waals surface area contributed by atoms with Crippen LogP contribution in [-0.2, 0) is 0 Å². The number of hydrogen-bond donors (Lipinski definition) is 1. The van der Waals surface area contributed by atoms with Crippen LogP contribution in [0.2, 0.25) is 0 Å². The molecule has 1 nitrogen and oxygen atoms in total. The second-order valence-electron chi connectivity index (χ2n) is 3.11. The van der Waals surface area contributed by atoms with Crippen LogP contribution in [0.3, 0.4) is 0 Å². The maximum Gasteiger partial charge on any atom is 0.00363 e. The van der Waals surface area contributed by atoms with Gasteiger partial charge in [0.1, 0.15) is 0 Å². The van der Waals surface area contributed by atoms with Crippen LogP contribution in [0.25, 0.3) is 0 Å². The molecule has 0 aromatic heterocycles. The Balaban J connectivity index is 0. The minimum absolute atomic E-state index is 0.477. The summed E-state index contributed by atoms with van der Waals surface area (Å²) in [6, 6.07) is 0. The van der Waals surface area contributed by atoms with Crippen molar-refractivity contribution in [2.75, 3.05) is 0 Å². The average molecular weight is 157 g/mol. The third-order valence-corrected chi connectivity index (χ3v) is 1.46. The Hall–Kier alpha value is -0.460. The zero-order chi connectivity index (χ0) is 9.44. The molecule has 1 atom stereocenters. The summed E-state index contributed by atoms with van der Waals surface area (Å²) in [4.78, 5) is 0. The quantitative estimate of drug-likeness (QED) is 0.669. The molecule has 0 rings (SSSR count). The van der Waals surface area contributed by atoms with Crippen molar-refractivity contribution in [2.45, 2.75) is 41.0 Å². The van der Waals surface area contributed by atoms with E-state index >= 15 is 0 Å². The molecule has 0 aromatic rings. The fraction of sp³-hybridized carbons (Fsp3) is 0.800. The van der Waals surface area contributed by atoms with E-state index in [1.54, 1.807) is 0 Å². The van der Waals surface area contributed by atoms with Gasteiger partial charge in [0.25, 0.3) is 0 Å². The van der Waals surface area contributed by atoms with Crippen molar-refractivity contribution in [3.63, 3.8) is 0 Å². The highest BCUT2D eigenvalue weighted by Crippen LogP contribution is 2.13. The van der Waals surface area contributed by atoms with Gasteiger partial charge in [-0.1, -0.05) is 41.2 Å². The second-order valence-corrected chi connectivity index (χ2v) is 3.11. The molecule has 0 aliphatic rings. The zero-order valence-electron chi connectivity index (χ0n) is 8.65. The van der Waals surface area contributed by atoms with Crippen LogP contribution in [0.1, 0.15) is 41.0 Å². The van der Waals surface area contributed by atoms with Gasteiger partial charge in [-0.15, -0.1) is 0 Å². The van der Waals surface area contributed by atoms with Gasteiger partial charge < -0.3 is 5.73 Å². The minimum atomic E-state index is 0.477. The Morgan fingerprint density at radius 3 is 1.73 bits per heavy atom. The Bertz CT molecular complexity index is 95.0. The molecule has 0 saturated carbocycles. The third-order valence-electron chi connectivity index (χ3n) is 1.46. The van der Waals surface area contributed by atoms with Gasteiger partial charge in [0.05, 0.1) is 0 Å². The van der Waals surface area contributed by atoms with Crippen LogP contribution in [0.4, 0.5) is 0 Å². The highest BCUT2D eigenvalue weighted by molar-refractivity contribution is 4.91. The molecule has 1 heteroatoms. The van der Waals surface area contributed by atoms with Gasteiger partial charge in [-0.25, -0.2) is 0 Å². The van der Waals surface area contributed by atoms with Gasteiger partial charge in [0.2, 0.25) is 0 Å². The lowest BCUT2D eigenvalue weighted by Gasteiger charge is -2.12. The lowest BCUT2D eigenvalue weighted by Crippen LogP contribution is -2.09. The molecule has 1 unspecified atom stereocenters. The minimum Gasteiger partial charge on any atom is -0.402 e. The fourth-order valence-corrected chi connectivity index (χ4v) is 0.858. The van der Waals surface area contributed by atoms with Crippen LogP contribution >= 0.6 is 0 Å². The number of nitrogens with two attached hydrogens (primary N) is 1. The number of allylic oxidation sites excluding steroid dienone is 1. The summed E-state index contributed by atoms with van der Waals surface area (Å²) in [5.41, 5.74) is 6.30. The zero-order valence-corrected chi connectivity index (χ0v) is 8.65. The van der Waals surface area contributed by atoms with Crippen molar-refractivity contribution in [1.29, 1.82) is 0 Å². The standard InChI is InChI=1S/C8H17N.C2H6/c1-6(2)5-7(3)8(4)9;1-2/h6-7H,4-5,9H2,1-3H3;1-2H3. The molecule has 0 radical (unpaired) electrons. The molecule has 0 aromatic carbocycles. The Kier molecular flexibility index (Phi) is 9.14. The third kappa shape index (κ3) is 9.54. The summed E-state index contributed by atoms with van der Waals surface area (Å²) >= 11 is 0. The smallest absolute Gasteiger partial charge is 0.00363 e. The molecule has 0 bridgehead atoms. The summed E-state index contributed by atoms with van der Waals surface area (Å²) in [5.74, 6) is 1.20. The molecular weight excluding hydrogens is 134 g/mol. The molecule has 0 spiro atoms. The van der Waals surface area contributed by atoms with Crippen molar-refractivity contribution in [3.8, 4) is 0 Å². The van der Waals surface area contributed by atoms with Crippen molar-refractivity contribution < 1.29 is 0 Å². The average Bonchev–Trinajstić information content (AvgIpc) is 1.90. The molecule has 0 aliphatic heterocycles. The Morgan fingerprint density at radius 2 is 1.64 bits per heavy atom. The number of rotatable bonds is 3. The van der Waals surface area contributed by atoms with Crippen LogP contribution in [0.5, 0.6) is 0 Å². The van der Waals surface area contributed by atoms with Gasteiger partial charge in [-0.3, -0.25) is 0 Å². The molecule has 0 fully saturated rings. The second kappa shape index (κ2) is 7.64. The van der Waals surface area contributed by atoms with E-state index in [9.17, 15) is 0 Å². The van der Waals surface area contributed by atoms with E-state index in [0.717, 1.165) is 18.0 Å². The predicted octanol–water partition coefficient (Wildman–Crippen LogP) is 3.17. The van der Waals surface area contributed by atoms with Crippen molar-refractivity contribution in [1.82, 2.24) is 0 Å². The molecule has 0 amide bonds. The first kappa shape index (κ1) is 13.2. The van der Waals surface area contributed by atoms with Gasteiger partial charge in [-0.2, -0.15) is 0 Å². The Labute approximate surface area is 71.7 Å². The fourth-order valence-electron chi connectivity index (χ4n) is 0.858. The summed E-state index contributed by atoms with van der Waals surface area (Å²) in [5, 5.41) is 0. The van der Waals surface area contributed by atoms with E-state index in [1.807, 2.05) is 13.8 Å².